The van der Waals surface area contributed by atoms with Gasteiger partial charge in [0.15, 0.2) is 5.78 Å². The average Bonchev–Trinajstić information content (AvgIpc) is 3.74. The number of imide groups is 1. The van der Waals surface area contributed by atoms with E-state index in [4.69, 9.17) is 18.9 Å². The maximum atomic E-state index is 12.6. The highest BCUT2D eigenvalue weighted by molar-refractivity contribution is 8.00. The van der Waals surface area contributed by atoms with E-state index in [0.29, 0.717) is 18.6 Å². The number of amides is 2. The molecule has 2 saturated heterocycles. The second-order valence-corrected chi connectivity index (χ2v) is 11.3. The summed E-state index contributed by atoms with van der Waals surface area (Å²) in [7, 11) is 1.61. The SMILES string of the molecule is CO[C@H]1[C@H](C2(C)O[C@@H]2CC=C(C)C)[C@]2(CC[C@H]1OC(=O)NC(=O)CSc1ccc(C(C)=O)cc1)CO2. The summed E-state index contributed by atoms with van der Waals surface area (Å²) in [5.41, 5.74) is 1.12. The number of epoxide rings is 2. The quantitative estimate of drug-likeness (QED) is 0.224. The van der Waals surface area contributed by atoms with Gasteiger partial charge in [0.25, 0.3) is 0 Å². The first-order valence-electron chi connectivity index (χ1n) is 12.3. The number of Topliss-reactive ketones (excluding diaryl/α,β-unsaturated/α-hetero) is 1. The van der Waals surface area contributed by atoms with Gasteiger partial charge in [-0.15, -0.1) is 11.8 Å². The number of carbonyl (C=O) groups excluding carboxylic acids is 3. The van der Waals surface area contributed by atoms with Gasteiger partial charge in [0, 0.05) is 17.6 Å². The normalized spacial score (nSPS) is 32.5. The number of alkyl carbamates (subject to hydrolysis) is 1. The fraction of sp³-hybridized carbons (Fsp3) is 0.593. The van der Waals surface area contributed by atoms with Crippen LogP contribution in [0.2, 0.25) is 0 Å². The van der Waals surface area contributed by atoms with E-state index in [-0.39, 0.29) is 29.2 Å². The first kappa shape index (κ1) is 26.9. The van der Waals surface area contributed by atoms with Crippen LogP contribution < -0.4 is 5.32 Å². The smallest absolute Gasteiger partial charge is 0.414 e. The molecule has 6 atom stereocenters. The number of ether oxygens (including phenoxy) is 4. The van der Waals surface area contributed by atoms with Crippen LogP contribution in [0.4, 0.5) is 4.79 Å². The number of hydrogen-bond acceptors (Lipinski definition) is 8. The minimum atomic E-state index is -0.783. The van der Waals surface area contributed by atoms with Gasteiger partial charge in [-0.1, -0.05) is 23.8 Å². The van der Waals surface area contributed by atoms with E-state index in [1.54, 1.807) is 31.4 Å². The van der Waals surface area contributed by atoms with Crippen molar-refractivity contribution in [3.63, 3.8) is 0 Å². The van der Waals surface area contributed by atoms with Crippen LogP contribution in [0.15, 0.2) is 40.8 Å². The number of thioether (sulfide) groups is 1. The highest BCUT2D eigenvalue weighted by Gasteiger charge is 2.72. The molecule has 0 aromatic heterocycles. The highest BCUT2D eigenvalue weighted by atomic mass is 32.2. The van der Waals surface area contributed by atoms with Gasteiger partial charge >= 0.3 is 6.09 Å². The summed E-state index contributed by atoms with van der Waals surface area (Å²) in [6, 6.07) is 6.98. The molecule has 4 rings (SSSR count). The van der Waals surface area contributed by atoms with E-state index >= 15 is 0 Å². The maximum Gasteiger partial charge on any atom is 0.414 e. The van der Waals surface area contributed by atoms with Crippen molar-refractivity contribution in [3.05, 3.63) is 41.5 Å². The van der Waals surface area contributed by atoms with E-state index in [2.05, 4.69) is 32.2 Å². The van der Waals surface area contributed by atoms with Crippen LogP contribution in [-0.2, 0) is 23.7 Å². The monoisotopic (exact) mass is 517 g/mol. The molecule has 3 aliphatic rings. The van der Waals surface area contributed by atoms with Crippen molar-refractivity contribution in [2.75, 3.05) is 19.5 Å². The second-order valence-electron chi connectivity index (χ2n) is 10.2. The standard InChI is InChI=1S/C27H35NO7S/c1-16(2)6-11-21-26(4,35-21)24-23(32-5)20(12-13-27(24)15-33-27)34-25(31)28-22(30)14-36-19-9-7-18(8-10-19)17(3)29/h6-10,20-21,23-24H,11-15H2,1-5H3,(H,28,30,31)/t20-,21-,23-,24-,26?,27+/m1/s1. The van der Waals surface area contributed by atoms with Crippen molar-refractivity contribution >= 4 is 29.5 Å². The summed E-state index contributed by atoms with van der Waals surface area (Å²) in [6.45, 7) is 8.37. The molecule has 1 N–H and O–H groups in total. The maximum absolute atomic E-state index is 12.6. The molecule has 1 spiro atoms. The fourth-order valence-corrected chi connectivity index (χ4v) is 6.02. The second kappa shape index (κ2) is 10.7. The molecule has 0 radical (unpaired) electrons. The lowest BCUT2D eigenvalue weighted by Gasteiger charge is -2.42. The van der Waals surface area contributed by atoms with Crippen LogP contribution in [0.5, 0.6) is 0 Å². The van der Waals surface area contributed by atoms with Crippen LogP contribution in [0.1, 0.15) is 57.3 Å². The molecule has 8 nitrogen and oxygen atoms in total. The Balaban J connectivity index is 1.32. The zero-order valence-corrected chi connectivity index (χ0v) is 22.3. The van der Waals surface area contributed by atoms with E-state index in [1.807, 2.05) is 0 Å². The van der Waals surface area contributed by atoms with Gasteiger partial charge in [-0.25, -0.2) is 4.79 Å². The summed E-state index contributed by atoms with van der Waals surface area (Å²) >= 11 is 1.28. The third-order valence-electron chi connectivity index (χ3n) is 7.37. The lowest BCUT2D eigenvalue weighted by molar-refractivity contribution is -0.124. The van der Waals surface area contributed by atoms with Crippen molar-refractivity contribution in [1.29, 1.82) is 0 Å². The molecule has 3 fully saturated rings. The van der Waals surface area contributed by atoms with Crippen molar-refractivity contribution in [3.8, 4) is 0 Å². The molecule has 1 aliphatic carbocycles. The topological polar surface area (TPSA) is 107 Å². The zero-order valence-electron chi connectivity index (χ0n) is 21.5. The zero-order chi connectivity index (χ0) is 26.1. The first-order chi connectivity index (χ1) is 17.1. The highest BCUT2D eigenvalue weighted by Crippen LogP contribution is 2.59. The molecule has 9 heteroatoms. The van der Waals surface area contributed by atoms with E-state index in [0.717, 1.165) is 17.7 Å². The number of methoxy groups -OCH3 is 1. The summed E-state index contributed by atoms with van der Waals surface area (Å²) in [6.07, 6.45) is 2.67. The Morgan fingerprint density at radius 1 is 1.19 bits per heavy atom. The van der Waals surface area contributed by atoms with Crippen molar-refractivity contribution in [2.45, 2.75) is 81.4 Å². The Morgan fingerprint density at radius 3 is 2.47 bits per heavy atom. The van der Waals surface area contributed by atoms with Crippen molar-refractivity contribution in [2.24, 2.45) is 5.92 Å². The van der Waals surface area contributed by atoms with E-state index in [1.165, 1.54) is 24.3 Å². The molecule has 36 heavy (non-hydrogen) atoms. The molecular weight excluding hydrogens is 482 g/mol. The predicted molar refractivity (Wildman–Crippen MR) is 135 cm³/mol. The van der Waals surface area contributed by atoms with Gasteiger partial charge < -0.3 is 18.9 Å². The molecule has 196 valence electrons. The van der Waals surface area contributed by atoms with Gasteiger partial charge in [-0.05, 0) is 59.1 Å². The molecule has 2 amide bonds. The molecule has 1 aromatic rings. The Morgan fingerprint density at radius 2 is 1.89 bits per heavy atom. The lowest BCUT2D eigenvalue weighted by Crippen LogP contribution is -2.56. The van der Waals surface area contributed by atoms with Crippen molar-refractivity contribution < 1.29 is 33.3 Å². The Bertz CT molecular complexity index is 1030. The minimum Gasteiger partial charge on any atom is -0.443 e. The summed E-state index contributed by atoms with van der Waals surface area (Å²) in [5, 5.41) is 2.32. The third kappa shape index (κ3) is 5.85. The molecule has 2 aliphatic heterocycles. The van der Waals surface area contributed by atoms with Gasteiger partial charge in [0.2, 0.25) is 5.91 Å². The molecule has 0 bridgehead atoms. The van der Waals surface area contributed by atoms with Crippen molar-refractivity contribution in [1.82, 2.24) is 5.32 Å². The largest absolute Gasteiger partial charge is 0.443 e. The van der Waals surface area contributed by atoms with Crippen LogP contribution >= 0.6 is 11.8 Å². The van der Waals surface area contributed by atoms with Crippen LogP contribution in [-0.4, -0.2) is 66.8 Å². The van der Waals surface area contributed by atoms with Gasteiger partial charge in [0.1, 0.15) is 23.4 Å². The number of nitrogens with one attached hydrogen (secondary N) is 1. The third-order valence-corrected chi connectivity index (χ3v) is 8.38. The summed E-state index contributed by atoms with van der Waals surface area (Å²) in [4.78, 5) is 37.1. The molecular formula is C27H35NO7S. The Labute approximate surface area is 216 Å². The molecule has 2 heterocycles. The molecule has 1 aromatic carbocycles. The lowest BCUT2D eigenvalue weighted by atomic mass is 9.68. The average molecular weight is 518 g/mol. The number of carbonyl (C=O) groups is 3. The number of hydrogen-bond donors (Lipinski definition) is 1. The van der Waals surface area contributed by atoms with Crippen LogP contribution in [0.3, 0.4) is 0 Å². The number of ketones is 1. The number of allylic oxidation sites excluding steroid dienone is 1. The summed E-state index contributed by atoms with van der Waals surface area (Å²) < 4.78 is 23.7. The van der Waals surface area contributed by atoms with Gasteiger partial charge in [-0.2, -0.15) is 0 Å². The minimum absolute atomic E-state index is 0.0174. The number of rotatable bonds is 9. The molecule has 1 unspecified atom stereocenters. The van der Waals surface area contributed by atoms with Gasteiger partial charge in [0.05, 0.1) is 24.4 Å². The number of benzene rings is 1. The summed E-state index contributed by atoms with van der Waals surface area (Å²) in [5.74, 6) is -0.509. The predicted octanol–water partition coefficient (Wildman–Crippen LogP) is 4.31. The Kier molecular flexibility index (Phi) is 7.95. The van der Waals surface area contributed by atoms with Crippen LogP contribution in [0.25, 0.3) is 0 Å². The van der Waals surface area contributed by atoms with E-state index < -0.39 is 29.8 Å². The fourth-order valence-electron chi connectivity index (χ4n) is 5.32. The van der Waals surface area contributed by atoms with Crippen LogP contribution in [0, 0.1) is 5.92 Å². The molecule has 1 saturated carbocycles. The van der Waals surface area contributed by atoms with Gasteiger partial charge in [-0.3, -0.25) is 14.9 Å². The Hall–Kier alpha value is -2.20. The van der Waals surface area contributed by atoms with E-state index in [9.17, 15) is 14.4 Å². The first-order valence-corrected chi connectivity index (χ1v) is 13.3.